The van der Waals surface area contributed by atoms with E-state index in [-0.39, 0.29) is 5.41 Å². The minimum absolute atomic E-state index is 0.233. The molecule has 0 aliphatic heterocycles. The molecule has 0 bridgehead atoms. The summed E-state index contributed by atoms with van der Waals surface area (Å²) in [4.78, 5) is 0. The van der Waals surface area contributed by atoms with E-state index in [0.717, 1.165) is 18.4 Å². The molecule has 1 aromatic carbocycles. The maximum Gasteiger partial charge on any atom is 0.0825 e. The zero-order chi connectivity index (χ0) is 11.6. The molecule has 0 heterocycles. The molecule has 0 radical (unpaired) electrons. The molecule has 1 aromatic rings. The zero-order valence-corrected chi connectivity index (χ0v) is 9.79. The van der Waals surface area contributed by atoms with Gasteiger partial charge in [-0.2, -0.15) is 5.26 Å². The number of nitriles is 1. The summed E-state index contributed by atoms with van der Waals surface area (Å²) in [6.07, 6.45) is 6.23. The van der Waals surface area contributed by atoms with E-state index in [4.69, 9.17) is 0 Å². The van der Waals surface area contributed by atoms with Crippen LogP contribution in [0.4, 0.5) is 0 Å². The summed E-state index contributed by atoms with van der Waals surface area (Å²) in [5.41, 5.74) is 3.35. The van der Waals surface area contributed by atoms with Crippen molar-refractivity contribution in [2.75, 3.05) is 0 Å². The Morgan fingerprint density at radius 3 is 2.62 bits per heavy atom. The van der Waals surface area contributed by atoms with Gasteiger partial charge < -0.3 is 0 Å². The quantitative estimate of drug-likeness (QED) is 0.726. The second-order valence-corrected chi connectivity index (χ2v) is 4.62. The highest BCUT2D eigenvalue weighted by atomic mass is 14.4. The first-order valence-electron chi connectivity index (χ1n) is 5.87. The molecular weight excluding hydrogens is 194 g/mol. The van der Waals surface area contributed by atoms with Crippen LogP contribution in [0.3, 0.4) is 0 Å². The molecule has 1 aliphatic rings. The van der Waals surface area contributed by atoms with Gasteiger partial charge in [-0.15, -0.1) is 0 Å². The van der Waals surface area contributed by atoms with Crippen molar-refractivity contribution in [3.63, 3.8) is 0 Å². The van der Waals surface area contributed by atoms with E-state index in [0.29, 0.717) is 0 Å². The zero-order valence-electron chi connectivity index (χ0n) is 9.79. The number of nitrogens with zero attached hydrogens (tertiary/aromatic N) is 1. The summed E-state index contributed by atoms with van der Waals surface area (Å²) >= 11 is 0. The van der Waals surface area contributed by atoms with E-state index in [1.54, 1.807) is 0 Å². The third-order valence-corrected chi connectivity index (χ3v) is 3.78. The Labute approximate surface area is 97.4 Å². The Hall–Kier alpha value is -1.55. The molecule has 1 fully saturated rings. The van der Waals surface area contributed by atoms with Crippen LogP contribution in [-0.4, -0.2) is 0 Å². The van der Waals surface area contributed by atoms with Crippen LogP contribution < -0.4 is 0 Å². The van der Waals surface area contributed by atoms with Gasteiger partial charge in [-0.05, 0) is 36.5 Å². The molecule has 2 rings (SSSR count). The molecule has 1 aliphatic carbocycles. The maximum absolute atomic E-state index is 9.48. The fraction of sp³-hybridized carbons (Fsp3) is 0.400. The minimum atomic E-state index is -0.233. The van der Waals surface area contributed by atoms with Crippen molar-refractivity contribution in [1.29, 1.82) is 5.26 Å². The predicted molar refractivity (Wildman–Crippen MR) is 67.0 cm³/mol. The van der Waals surface area contributed by atoms with Crippen LogP contribution >= 0.6 is 0 Å². The lowest BCUT2D eigenvalue weighted by Crippen LogP contribution is -2.21. The topological polar surface area (TPSA) is 23.8 Å². The first kappa shape index (κ1) is 11.0. The smallest absolute Gasteiger partial charge is 0.0825 e. The Bertz CT molecular complexity index is 445. The third-order valence-electron chi connectivity index (χ3n) is 3.78. The summed E-state index contributed by atoms with van der Waals surface area (Å²) in [5.74, 6) is 0. The maximum atomic E-state index is 9.48. The largest absolute Gasteiger partial charge is 0.197 e. The van der Waals surface area contributed by atoms with Crippen LogP contribution in [-0.2, 0) is 5.41 Å². The van der Waals surface area contributed by atoms with Crippen LogP contribution in [0.1, 0.15) is 42.4 Å². The van der Waals surface area contributed by atoms with Crippen molar-refractivity contribution in [3.05, 3.63) is 41.5 Å². The molecule has 1 heteroatoms. The van der Waals surface area contributed by atoms with Crippen LogP contribution in [0, 0.1) is 18.3 Å². The molecule has 1 saturated carbocycles. The fourth-order valence-corrected chi connectivity index (χ4v) is 2.81. The Morgan fingerprint density at radius 2 is 2.06 bits per heavy atom. The van der Waals surface area contributed by atoms with Crippen molar-refractivity contribution in [2.24, 2.45) is 0 Å². The molecule has 0 saturated heterocycles. The molecule has 0 spiro atoms. The van der Waals surface area contributed by atoms with E-state index in [9.17, 15) is 5.26 Å². The lowest BCUT2D eigenvalue weighted by Gasteiger charge is -2.23. The summed E-state index contributed by atoms with van der Waals surface area (Å²) in [5, 5.41) is 9.48. The summed E-state index contributed by atoms with van der Waals surface area (Å²) in [6, 6.07) is 8.76. The molecule has 0 atom stereocenters. The highest BCUT2D eigenvalue weighted by molar-refractivity contribution is 5.56. The molecule has 82 valence electrons. The van der Waals surface area contributed by atoms with E-state index >= 15 is 0 Å². The molecule has 1 nitrogen and oxygen atoms in total. The van der Waals surface area contributed by atoms with Gasteiger partial charge in [0.05, 0.1) is 11.5 Å². The number of hydrogen-bond acceptors (Lipinski definition) is 1. The first-order valence-corrected chi connectivity index (χ1v) is 5.87. The van der Waals surface area contributed by atoms with Gasteiger partial charge in [0.2, 0.25) is 0 Å². The van der Waals surface area contributed by atoms with Crippen molar-refractivity contribution in [1.82, 2.24) is 0 Å². The normalized spacial score (nSPS) is 18.0. The first-order chi connectivity index (χ1) is 7.73. The van der Waals surface area contributed by atoms with Crippen LogP contribution in [0.5, 0.6) is 0 Å². The SMILES string of the molecule is C=Cc1cccc(C2(C#N)CCCC2)c1C. The van der Waals surface area contributed by atoms with Crippen LogP contribution in [0.2, 0.25) is 0 Å². The average molecular weight is 211 g/mol. The van der Waals surface area contributed by atoms with Gasteiger partial charge in [0.25, 0.3) is 0 Å². The highest BCUT2D eigenvalue weighted by Crippen LogP contribution is 2.42. The predicted octanol–water partition coefficient (Wildman–Crippen LogP) is 3.97. The van der Waals surface area contributed by atoms with Gasteiger partial charge >= 0.3 is 0 Å². The Balaban J connectivity index is 2.55. The summed E-state index contributed by atoms with van der Waals surface area (Å²) in [7, 11) is 0. The molecule has 0 aromatic heterocycles. The second-order valence-electron chi connectivity index (χ2n) is 4.62. The van der Waals surface area contributed by atoms with Crippen molar-refractivity contribution < 1.29 is 0 Å². The standard InChI is InChI=1S/C15H17N/c1-3-13-7-6-8-14(12(13)2)15(11-16)9-4-5-10-15/h3,6-8H,1,4-5,9-10H2,2H3. The Morgan fingerprint density at radius 1 is 1.38 bits per heavy atom. The molecule has 0 amide bonds. The lowest BCUT2D eigenvalue weighted by molar-refractivity contribution is 0.569. The molecule has 16 heavy (non-hydrogen) atoms. The monoisotopic (exact) mass is 211 g/mol. The van der Waals surface area contributed by atoms with Gasteiger partial charge in [-0.3, -0.25) is 0 Å². The second kappa shape index (κ2) is 4.14. The number of hydrogen-bond donors (Lipinski definition) is 0. The Kier molecular flexibility index (Phi) is 2.83. The van der Waals surface area contributed by atoms with E-state index in [1.807, 2.05) is 12.1 Å². The van der Waals surface area contributed by atoms with Crippen molar-refractivity contribution in [3.8, 4) is 6.07 Å². The summed E-state index contributed by atoms with van der Waals surface area (Å²) < 4.78 is 0. The van der Waals surface area contributed by atoms with Crippen molar-refractivity contribution >= 4 is 6.08 Å². The lowest BCUT2D eigenvalue weighted by atomic mass is 9.77. The van der Waals surface area contributed by atoms with E-state index in [1.165, 1.54) is 24.0 Å². The number of benzene rings is 1. The molecule has 0 N–H and O–H groups in total. The summed E-state index contributed by atoms with van der Waals surface area (Å²) in [6.45, 7) is 5.93. The number of rotatable bonds is 2. The third kappa shape index (κ3) is 1.55. The van der Waals surface area contributed by atoms with Gasteiger partial charge in [0.1, 0.15) is 0 Å². The van der Waals surface area contributed by atoms with Gasteiger partial charge in [0.15, 0.2) is 0 Å². The van der Waals surface area contributed by atoms with E-state index < -0.39 is 0 Å². The van der Waals surface area contributed by atoms with Gasteiger partial charge in [0, 0.05) is 0 Å². The molecular formula is C15H17N. The fourth-order valence-electron chi connectivity index (χ4n) is 2.81. The van der Waals surface area contributed by atoms with Crippen LogP contribution in [0.25, 0.3) is 6.08 Å². The van der Waals surface area contributed by atoms with Gasteiger partial charge in [-0.25, -0.2) is 0 Å². The molecule has 0 unspecified atom stereocenters. The minimum Gasteiger partial charge on any atom is -0.197 e. The highest BCUT2D eigenvalue weighted by Gasteiger charge is 2.36. The average Bonchev–Trinajstić information content (AvgIpc) is 2.79. The van der Waals surface area contributed by atoms with Gasteiger partial charge in [-0.1, -0.05) is 43.7 Å². The van der Waals surface area contributed by atoms with Crippen LogP contribution in [0.15, 0.2) is 24.8 Å². The van der Waals surface area contributed by atoms with Crippen molar-refractivity contribution in [2.45, 2.75) is 38.0 Å². The van der Waals surface area contributed by atoms with E-state index in [2.05, 4.69) is 31.7 Å².